The van der Waals surface area contributed by atoms with Crippen LogP contribution in [-0.4, -0.2) is 18.5 Å². The molecule has 5 heteroatoms. The third kappa shape index (κ3) is 2.60. The average Bonchev–Trinajstić information content (AvgIpc) is 2.65. The Bertz CT molecular complexity index is 440. The van der Waals surface area contributed by atoms with Crippen molar-refractivity contribution in [2.75, 3.05) is 11.9 Å². The van der Waals surface area contributed by atoms with Gasteiger partial charge in [0.05, 0.1) is 6.54 Å². The molecule has 2 rings (SSSR count). The lowest BCUT2D eigenvalue weighted by molar-refractivity contribution is -0.115. The first-order valence-electron chi connectivity index (χ1n) is 4.85. The van der Waals surface area contributed by atoms with Crippen molar-refractivity contribution in [3.63, 3.8) is 0 Å². The molecule has 1 aliphatic heterocycles. The van der Waals surface area contributed by atoms with E-state index >= 15 is 0 Å². The molecule has 0 saturated carbocycles. The van der Waals surface area contributed by atoms with E-state index in [1.807, 2.05) is 18.2 Å². The van der Waals surface area contributed by atoms with E-state index in [-0.39, 0.29) is 11.9 Å². The summed E-state index contributed by atoms with van der Waals surface area (Å²) in [6, 6.07) is 8.74. The number of urea groups is 1. The molecule has 0 aromatic heterocycles. The van der Waals surface area contributed by atoms with Gasteiger partial charge < -0.3 is 16.0 Å². The van der Waals surface area contributed by atoms with Crippen molar-refractivity contribution in [3.8, 4) is 0 Å². The van der Waals surface area contributed by atoms with Crippen molar-refractivity contribution < 1.29 is 9.59 Å². The zero-order chi connectivity index (χ0) is 11.4. The number of para-hydroxylation sites is 1. The summed E-state index contributed by atoms with van der Waals surface area (Å²) in [6.07, 6.45) is 1.37. The zero-order valence-corrected chi connectivity index (χ0v) is 8.49. The molecular weight excluding hydrogens is 206 g/mol. The Hall–Kier alpha value is -2.30. The van der Waals surface area contributed by atoms with Crippen molar-refractivity contribution >= 4 is 17.6 Å². The van der Waals surface area contributed by atoms with Crippen molar-refractivity contribution in [3.05, 3.63) is 42.1 Å². The van der Waals surface area contributed by atoms with Crippen LogP contribution in [0.1, 0.15) is 0 Å². The molecule has 0 unspecified atom stereocenters. The topological polar surface area (TPSA) is 70.2 Å². The molecular formula is C11H11N3O2. The predicted octanol–water partition coefficient (Wildman–Crippen LogP) is 0.822. The second-order valence-electron chi connectivity index (χ2n) is 3.33. The largest absolute Gasteiger partial charge is 0.347 e. The molecule has 1 heterocycles. The number of amides is 3. The molecule has 0 bridgehead atoms. The van der Waals surface area contributed by atoms with Crippen LogP contribution in [0.15, 0.2) is 42.1 Å². The molecule has 0 aliphatic carbocycles. The molecule has 0 saturated heterocycles. The molecule has 0 fully saturated rings. The van der Waals surface area contributed by atoms with Gasteiger partial charge in [-0.25, -0.2) is 4.79 Å². The van der Waals surface area contributed by atoms with Crippen LogP contribution in [0.4, 0.5) is 10.5 Å². The minimum atomic E-state index is -0.353. The second kappa shape index (κ2) is 4.48. The van der Waals surface area contributed by atoms with Gasteiger partial charge in [-0.3, -0.25) is 4.79 Å². The Morgan fingerprint density at radius 3 is 2.56 bits per heavy atom. The van der Waals surface area contributed by atoms with Gasteiger partial charge in [0.1, 0.15) is 0 Å². The van der Waals surface area contributed by atoms with Crippen LogP contribution < -0.4 is 16.0 Å². The van der Waals surface area contributed by atoms with Gasteiger partial charge in [0.2, 0.25) is 5.91 Å². The lowest BCUT2D eigenvalue weighted by Crippen LogP contribution is -2.30. The van der Waals surface area contributed by atoms with Crippen molar-refractivity contribution in [1.29, 1.82) is 0 Å². The smallest absolute Gasteiger partial charge is 0.323 e. The number of carbonyl (C=O) groups excluding carboxylic acids is 2. The van der Waals surface area contributed by atoms with Crippen LogP contribution in [-0.2, 0) is 4.79 Å². The van der Waals surface area contributed by atoms with E-state index in [0.717, 1.165) is 0 Å². The molecule has 5 nitrogen and oxygen atoms in total. The highest BCUT2D eigenvalue weighted by Gasteiger charge is 2.12. The van der Waals surface area contributed by atoms with Crippen molar-refractivity contribution in [2.24, 2.45) is 0 Å². The van der Waals surface area contributed by atoms with Gasteiger partial charge in [-0.1, -0.05) is 18.2 Å². The molecule has 0 atom stereocenters. The number of hydrogen-bond donors (Lipinski definition) is 3. The average molecular weight is 217 g/mol. The number of anilines is 1. The van der Waals surface area contributed by atoms with E-state index in [2.05, 4.69) is 16.0 Å². The number of hydrogen-bond acceptors (Lipinski definition) is 2. The molecule has 0 spiro atoms. The summed E-state index contributed by atoms with van der Waals surface area (Å²) in [7, 11) is 0. The van der Waals surface area contributed by atoms with E-state index in [4.69, 9.17) is 0 Å². The first-order chi connectivity index (χ1) is 7.74. The Morgan fingerprint density at radius 1 is 1.19 bits per heavy atom. The van der Waals surface area contributed by atoms with Gasteiger partial charge >= 0.3 is 6.03 Å². The van der Waals surface area contributed by atoms with E-state index in [1.165, 1.54) is 6.08 Å². The molecule has 1 aromatic carbocycles. The van der Waals surface area contributed by atoms with Crippen LogP contribution in [0.3, 0.4) is 0 Å². The van der Waals surface area contributed by atoms with Gasteiger partial charge in [0.15, 0.2) is 0 Å². The van der Waals surface area contributed by atoms with Crippen molar-refractivity contribution in [2.45, 2.75) is 0 Å². The summed E-state index contributed by atoms with van der Waals surface area (Å²) in [5.41, 5.74) is 1.27. The SMILES string of the molecule is O=C1C=C(NC(=O)Nc2ccccc2)CN1. The molecule has 0 radical (unpaired) electrons. The fourth-order valence-corrected chi connectivity index (χ4v) is 1.35. The lowest BCUT2D eigenvalue weighted by Gasteiger charge is -2.07. The van der Waals surface area contributed by atoms with Gasteiger partial charge in [0, 0.05) is 17.5 Å². The fourth-order valence-electron chi connectivity index (χ4n) is 1.35. The Morgan fingerprint density at radius 2 is 1.94 bits per heavy atom. The minimum Gasteiger partial charge on any atom is -0.347 e. The van der Waals surface area contributed by atoms with Crippen LogP contribution >= 0.6 is 0 Å². The highest BCUT2D eigenvalue weighted by Crippen LogP contribution is 2.05. The zero-order valence-electron chi connectivity index (χ0n) is 8.49. The Labute approximate surface area is 92.5 Å². The third-order valence-corrected chi connectivity index (χ3v) is 2.06. The summed E-state index contributed by atoms with van der Waals surface area (Å²) < 4.78 is 0. The molecule has 16 heavy (non-hydrogen) atoms. The molecule has 3 amide bonds. The summed E-state index contributed by atoms with van der Waals surface area (Å²) in [6.45, 7) is 0.362. The maximum Gasteiger partial charge on any atom is 0.323 e. The minimum absolute atomic E-state index is 0.185. The van der Waals surface area contributed by atoms with Crippen LogP contribution in [0, 0.1) is 0 Å². The van der Waals surface area contributed by atoms with E-state index in [0.29, 0.717) is 17.9 Å². The monoisotopic (exact) mass is 217 g/mol. The maximum absolute atomic E-state index is 11.5. The summed E-state index contributed by atoms with van der Waals surface area (Å²) in [5.74, 6) is -0.185. The second-order valence-corrected chi connectivity index (χ2v) is 3.33. The van der Waals surface area contributed by atoms with Gasteiger partial charge in [-0.05, 0) is 12.1 Å². The first-order valence-corrected chi connectivity index (χ1v) is 4.85. The lowest BCUT2D eigenvalue weighted by atomic mass is 10.3. The molecule has 1 aliphatic rings. The number of carbonyl (C=O) groups is 2. The van der Waals surface area contributed by atoms with Gasteiger partial charge in [0.25, 0.3) is 0 Å². The van der Waals surface area contributed by atoms with Crippen molar-refractivity contribution in [1.82, 2.24) is 10.6 Å². The van der Waals surface area contributed by atoms with Gasteiger partial charge in [-0.2, -0.15) is 0 Å². The number of benzene rings is 1. The first kappa shape index (κ1) is 10.2. The van der Waals surface area contributed by atoms with E-state index in [9.17, 15) is 9.59 Å². The van der Waals surface area contributed by atoms with Gasteiger partial charge in [-0.15, -0.1) is 0 Å². The number of rotatable bonds is 2. The standard InChI is InChI=1S/C11H11N3O2/c15-10-6-9(7-12-10)14-11(16)13-8-4-2-1-3-5-8/h1-6H,7H2,(H,12,15)(H2,13,14,16). The maximum atomic E-state index is 11.5. The summed E-state index contributed by atoms with van der Waals surface area (Å²) >= 11 is 0. The molecule has 3 N–H and O–H groups in total. The third-order valence-electron chi connectivity index (χ3n) is 2.06. The van der Waals surface area contributed by atoms with E-state index < -0.39 is 0 Å². The van der Waals surface area contributed by atoms with Crippen LogP contribution in [0.5, 0.6) is 0 Å². The summed E-state index contributed by atoms with van der Waals surface area (Å²) in [5, 5.41) is 7.80. The molecule has 1 aromatic rings. The quantitative estimate of drug-likeness (QED) is 0.686. The Kier molecular flexibility index (Phi) is 2.86. The normalized spacial score (nSPS) is 14.0. The fraction of sp³-hybridized carbons (Fsp3) is 0.0909. The number of nitrogens with one attached hydrogen (secondary N) is 3. The van der Waals surface area contributed by atoms with Crippen LogP contribution in [0.2, 0.25) is 0 Å². The highest BCUT2D eigenvalue weighted by atomic mass is 16.2. The van der Waals surface area contributed by atoms with E-state index in [1.54, 1.807) is 12.1 Å². The molecule has 82 valence electrons. The summed E-state index contributed by atoms with van der Waals surface area (Å²) in [4.78, 5) is 22.3. The Balaban J connectivity index is 1.90. The van der Waals surface area contributed by atoms with Crippen LogP contribution in [0.25, 0.3) is 0 Å². The predicted molar refractivity (Wildman–Crippen MR) is 59.7 cm³/mol. The highest BCUT2D eigenvalue weighted by molar-refractivity contribution is 5.95.